The van der Waals surface area contributed by atoms with Gasteiger partial charge in [0.2, 0.25) is 5.91 Å². The van der Waals surface area contributed by atoms with Crippen LogP contribution in [0.3, 0.4) is 0 Å². The van der Waals surface area contributed by atoms with Crippen molar-refractivity contribution in [2.75, 3.05) is 13.1 Å². The minimum absolute atomic E-state index is 0.195. The first-order chi connectivity index (χ1) is 11.8. The Labute approximate surface area is 149 Å². The maximum atomic E-state index is 14.7. The topological polar surface area (TPSA) is 41.1 Å². The van der Waals surface area contributed by atoms with Crippen LogP contribution in [0.2, 0.25) is 5.02 Å². The Morgan fingerprint density at radius 3 is 2.44 bits per heavy atom. The van der Waals surface area contributed by atoms with Crippen LogP contribution in [0.25, 0.3) is 0 Å². The van der Waals surface area contributed by atoms with Gasteiger partial charge in [-0.15, -0.1) is 0 Å². The Kier molecular flexibility index (Phi) is 4.03. The zero-order valence-corrected chi connectivity index (χ0v) is 14.4. The van der Waals surface area contributed by atoms with Crippen molar-refractivity contribution in [2.45, 2.75) is 43.8 Å². The van der Waals surface area contributed by atoms with Gasteiger partial charge in [-0.3, -0.25) is 4.79 Å². The first-order valence-electron chi connectivity index (χ1n) is 8.67. The second-order valence-corrected chi connectivity index (χ2v) is 8.15. The van der Waals surface area contributed by atoms with Gasteiger partial charge < -0.3 is 10.6 Å². The van der Waals surface area contributed by atoms with Gasteiger partial charge in [-0.05, 0) is 49.7 Å². The number of rotatable bonds is 4. The van der Waals surface area contributed by atoms with Gasteiger partial charge in [0.25, 0.3) is 0 Å². The second kappa shape index (κ2) is 5.88. The third-order valence-corrected chi connectivity index (χ3v) is 6.52. The lowest BCUT2D eigenvalue weighted by atomic mass is 9.74. The average Bonchev–Trinajstić information content (AvgIpc) is 3.03. The molecule has 1 amide bonds. The monoisotopic (exact) mass is 372 g/mol. The van der Waals surface area contributed by atoms with Gasteiger partial charge in [-0.2, -0.15) is 0 Å². The van der Waals surface area contributed by atoms with Gasteiger partial charge >= 0.3 is 0 Å². The first-order valence-corrected chi connectivity index (χ1v) is 9.05. The Morgan fingerprint density at radius 1 is 1.24 bits per heavy atom. The SMILES string of the molecule is O=C(N[C@H](c1c(F)ccc(Cl)c1F)C12CCC(F)(CC1)C2)C1CNC1. The van der Waals surface area contributed by atoms with E-state index in [9.17, 15) is 18.0 Å². The number of alkyl halides is 1. The van der Waals surface area contributed by atoms with E-state index in [0.717, 1.165) is 12.1 Å². The summed E-state index contributed by atoms with van der Waals surface area (Å²) in [6.45, 7) is 1.08. The van der Waals surface area contributed by atoms with Gasteiger partial charge in [-0.1, -0.05) is 11.6 Å². The van der Waals surface area contributed by atoms with E-state index in [2.05, 4.69) is 10.6 Å². The molecule has 0 unspecified atom stereocenters. The fourth-order valence-electron chi connectivity index (χ4n) is 4.64. The van der Waals surface area contributed by atoms with Crippen molar-refractivity contribution in [1.82, 2.24) is 10.6 Å². The molecule has 2 saturated carbocycles. The average molecular weight is 373 g/mol. The Bertz CT molecular complexity index is 715. The fraction of sp³-hybridized carbons (Fsp3) is 0.611. The van der Waals surface area contributed by atoms with Crippen LogP contribution in [0.4, 0.5) is 13.2 Å². The summed E-state index contributed by atoms with van der Waals surface area (Å²) in [4.78, 5) is 12.5. The van der Waals surface area contributed by atoms with Crippen LogP contribution >= 0.6 is 11.6 Å². The Hall–Kier alpha value is -1.27. The molecule has 2 bridgehead atoms. The van der Waals surface area contributed by atoms with Crippen LogP contribution in [-0.4, -0.2) is 24.7 Å². The van der Waals surface area contributed by atoms with E-state index in [-0.39, 0.29) is 28.8 Å². The summed E-state index contributed by atoms with van der Waals surface area (Å²) >= 11 is 5.86. The van der Waals surface area contributed by atoms with Crippen LogP contribution in [0.15, 0.2) is 12.1 Å². The van der Waals surface area contributed by atoms with E-state index < -0.39 is 28.8 Å². The van der Waals surface area contributed by atoms with Crippen LogP contribution in [0.1, 0.15) is 43.7 Å². The highest BCUT2D eigenvalue weighted by Gasteiger charge is 2.59. The zero-order valence-electron chi connectivity index (χ0n) is 13.7. The van der Waals surface area contributed by atoms with Gasteiger partial charge in [0.05, 0.1) is 17.0 Å². The van der Waals surface area contributed by atoms with Crippen molar-refractivity contribution in [3.8, 4) is 0 Å². The number of amides is 1. The molecular formula is C18H20ClF3N2O. The minimum atomic E-state index is -1.29. The van der Waals surface area contributed by atoms with Crippen LogP contribution in [0.5, 0.6) is 0 Å². The van der Waals surface area contributed by atoms with Gasteiger partial charge in [0.15, 0.2) is 0 Å². The highest BCUT2D eigenvalue weighted by atomic mass is 35.5. The number of nitrogens with one attached hydrogen (secondary N) is 2. The van der Waals surface area contributed by atoms with Crippen LogP contribution in [0, 0.1) is 23.0 Å². The molecule has 2 aliphatic carbocycles. The molecule has 2 N–H and O–H groups in total. The number of fused-ring (bicyclic) bond motifs is 2. The molecule has 1 aliphatic heterocycles. The molecule has 1 aromatic rings. The summed E-state index contributed by atoms with van der Waals surface area (Å²) in [7, 11) is 0. The van der Waals surface area contributed by atoms with E-state index in [1.807, 2.05) is 0 Å². The molecule has 3 nitrogen and oxygen atoms in total. The number of halogens is 4. The van der Waals surface area contributed by atoms with Crippen LogP contribution < -0.4 is 10.6 Å². The lowest BCUT2D eigenvalue weighted by Gasteiger charge is -2.38. The maximum absolute atomic E-state index is 14.7. The van der Waals surface area contributed by atoms with E-state index in [0.29, 0.717) is 38.8 Å². The number of carbonyl (C=O) groups excluding carboxylic acids is 1. The molecule has 136 valence electrons. The molecular weight excluding hydrogens is 353 g/mol. The van der Waals surface area contributed by atoms with Crippen molar-refractivity contribution in [2.24, 2.45) is 11.3 Å². The van der Waals surface area contributed by atoms with Crippen molar-refractivity contribution >= 4 is 17.5 Å². The summed E-state index contributed by atoms with van der Waals surface area (Å²) < 4.78 is 44.0. The van der Waals surface area contributed by atoms with Crippen molar-refractivity contribution in [3.05, 3.63) is 34.4 Å². The summed E-state index contributed by atoms with van der Waals surface area (Å²) in [6, 6.07) is 1.36. The predicted molar refractivity (Wildman–Crippen MR) is 88.0 cm³/mol. The molecule has 3 aliphatic rings. The quantitative estimate of drug-likeness (QED) is 0.792. The second-order valence-electron chi connectivity index (χ2n) is 7.74. The number of benzene rings is 1. The van der Waals surface area contributed by atoms with E-state index in [1.165, 1.54) is 0 Å². The summed E-state index contributed by atoms with van der Waals surface area (Å²) in [5.74, 6) is -2.09. The molecule has 1 saturated heterocycles. The fourth-order valence-corrected chi connectivity index (χ4v) is 4.81. The summed E-state index contributed by atoms with van der Waals surface area (Å²) in [5, 5.41) is 5.65. The summed E-state index contributed by atoms with van der Waals surface area (Å²) in [5.41, 5.74) is -2.18. The van der Waals surface area contributed by atoms with Crippen molar-refractivity contribution in [1.29, 1.82) is 0 Å². The first kappa shape index (κ1) is 17.2. The lowest BCUT2D eigenvalue weighted by Crippen LogP contribution is -2.53. The molecule has 4 rings (SSSR count). The van der Waals surface area contributed by atoms with E-state index in [1.54, 1.807) is 0 Å². The Morgan fingerprint density at radius 2 is 1.92 bits per heavy atom. The molecule has 3 fully saturated rings. The van der Waals surface area contributed by atoms with Gasteiger partial charge in [0, 0.05) is 18.7 Å². The maximum Gasteiger partial charge on any atom is 0.226 e. The summed E-state index contributed by atoms with van der Waals surface area (Å²) in [6.07, 6.45) is 1.97. The standard InChI is InChI=1S/C18H20ClF3N2O/c19-11-1-2-12(20)13(14(11)21)15(24-16(25)10-7-23-8-10)17-3-5-18(22,9-17)6-4-17/h1-2,10,15,23H,3-9H2,(H,24,25)/t15-,17?,18?/m1/s1. The number of hydrogen-bond acceptors (Lipinski definition) is 2. The highest BCUT2D eigenvalue weighted by molar-refractivity contribution is 6.30. The lowest BCUT2D eigenvalue weighted by molar-refractivity contribution is -0.128. The molecule has 0 aromatic heterocycles. The molecule has 25 heavy (non-hydrogen) atoms. The molecule has 7 heteroatoms. The molecule has 0 spiro atoms. The molecule has 1 heterocycles. The third-order valence-electron chi connectivity index (χ3n) is 6.23. The third kappa shape index (κ3) is 2.74. The van der Waals surface area contributed by atoms with E-state index in [4.69, 9.17) is 11.6 Å². The van der Waals surface area contributed by atoms with Gasteiger partial charge in [-0.25, -0.2) is 13.2 Å². The highest BCUT2D eigenvalue weighted by Crippen LogP contribution is 2.63. The van der Waals surface area contributed by atoms with Gasteiger partial charge in [0.1, 0.15) is 17.3 Å². The Balaban J connectivity index is 1.74. The van der Waals surface area contributed by atoms with Crippen molar-refractivity contribution in [3.63, 3.8) is 0 Å². The minimum Gasteiger partial charge on any atom is -0.348 e. The number of carbonyl (C=O) groups is 1. The molecule has 0 radical (unpaired) electrons. The van der Waals surface area contributed by atoms with Crippen molar-refractivity contribution < 1.29 is 18.0 Å². The zero-order chi connectivity index (χ0) is 17.8. The largest absolute Gasteiger partial charge is 0.348 e. The van der Waals surface area contributed by atoms with Crippen LogP contribution in [-0.2, 0) is 4.79 Å². The predicted octanol–water partition coefficient (Wildman–Crippen LogP) is 3.67. The normalized spacial score (nSPS) is 32.5. The molecule has 1 atom stereocenters. The smallest absolute Gasteiger partial charge is 0.226 e. The number of hydrogen-bond donors (Lipinski definition) is 2. The molecule has 1 aromatic carbocycles. The van der Waals surface area contributed by atoms with E-state index >= 15 is 0 Å².